The topological polar surface area (TPSA) is 58.6 Å². The first-order valence-electron chi connectivity index (χ1n) is 4.67. The molecule has 1 fully saturated rings. The maximum atomic E-state index is 11.4. The minimum absolute atomic E-state index is 0.00903. The van der Waals surface area contributed by atoms with Gasteiger partial charge in [-0.15, -0.1) is 0 Å². The molecule has 0 aromatic carbocycles. The van der Waals surface area contributed by atoms with Crippen molar-refractivity contribution in [2.45, 2.75) is 32.5 Å². The highest BCUT2D eigenvalue weighted by atomic mass is 16.5. The standard InChI is InChI=1S/C9H17NO3/c1-6(11)4-10-9(12)8-3-7(2)13-5-8/h6-8,11H,3-5H2,1-2H3,(H,10,12)/t6-,7?,8?/m0/s1. The van der Waals surface area contributed by atoms with Crippen LogP contribution in [0, 0.1) is 5.92 Å². The molecule has 13 heavy (non-hydrogen) atoms. The molecule has 0 aromatic rings. The van der Waals surface area contributed by atoms with Crippen LogP contribution in [0.25, 0.3) is 0 Å². The minimum atomic E-state index is -0.483. The number of amides is 1. The van der Waals surface area contributed by atoms with Crippen molar-refractivity contribution >= 4 is 5.91 Å². The summed E-state index contributed by atoms with van der Waals surface area (Å²) < 4.78 is 5.27. The van der Waals surface area contributed by atoms with Crippen molar-refractivity contribution in [2.24, 2.45) is 5.92 Å². The molecule has 3 atom stereocenters. The summed E-state index contributed by atoms with van der Waals surface area (Å²) in [5, 5.41) is 11.6. The number of ether oxygens (including phenoxy) is 1. The summed E-state index contributed by atoms with van der Waals surface area (Å²) in [6, 6.07) is 0. The molecule has 4 heteroatoms. The van der Waals surface area contributed by atoms with Crippen LogP contribution in [0.1, 0.15) is 20.3 Å². The molecule has 76 valence electrons. The lowest BCUT2D eigenvalue weighted by Crippen LogP contribution is -2.35. The second-order valence-corrected chi connectivity index (χ2v) is 3.67. The Morgan fingerprint density at radius 2 is 2.46 bits per heavy atom. The van der Waals surface area contributed by atoms with Crippen LogP contribution in [0.15, 0.2) is 0 Å². The van der Waals surface area contributed by atoms with Crippen molar-refractivity contribution in [3.05, 3.63) is 0 Å². The maximum Gasteiger partial charge on any atom is 0.225 e. The summed E-state index contributed by atoms with van der Waals surface area (Å²) >= 11 is 0. The Kier molecular flexibility index (Phi) is 3.69. The highest BCUT2D eigenvalue weighted by molar-refractivity contribution is 5.79. The van der Waals surface area contributed by atoms with E-state index in [1.54, 1.807) is 6.92 Å². The van der Waals surface area contributed by atoms with E-state index < -0.39 is 6.10 Å². The van der Waals surface area contributed by atoms with Crippen LogP contribution in [-0.2, 0) is 9.53 Å². The van der Waals surface area contributed by atoms with Gasteiger partial charge in [-0.05, 0) is 20.3 Å². The molecule has 4 nitrogen and oxygen atoms in total. The second-order valence-electron chi connectivity index (χ2n) is 3.67. The molecule has 0 spiro atoms. The van der Waals surface area contributed by atoms with Crippen LogP contribution in [0.4, 0.5) is 0 Å². The Hall–Kier alpha value is -0.610. The van der Waals surface area contributed by atoms with Gasteiger partial charge >= 0.3 is 0 Å². The van der Waals surface area contributed by atoms with Gasteiger partial charge in [-0.2, -0.15) is 0 Å². The third-order valence-electron chi connectivity index (χ3n) is 2.14. The van der Waals surface area contributed by atoms with E-state index >= 15 is 0 Å². The number of rotatable bonds is 3. The van der Waals surface area contributed by atoms with E-state index in [1.165, 1.54) is 0 Å². The second kappa shape index (κ2) is 4.58. The molecule has 0 aromatic heterocycles. The van der Waals surface area contributed by atoms with Crippen molar-refractivity contribution in [2.75, 3.05) is 13.2 Å². The number of carbonyl (C=O) groups is 1. The fraction of sp³-hybridized carbons (Fsp3) is 0.889. The molecule has 1 rings (SSSR count). The van der Waals surface area contributed by atoms with Gasteiger partial charge in [0, 0.05) is 6.54 Å². The van der Waals surface area contributed by atoms with Crippen molar-refractivity contribution in [1.82, 2.24) is 5.32 Å². The predicted octanol–water partition coefficient (Wildman–Crippen LogP) is -0.0916. The van der Waals surface area contributed by atoms with Crippen molar-refractivity contribution in [1.29, 1.82) is 0 Å². The Morgan fingerprint density at radius 1 is 1.77 bits per heavy atom. The molecular formula is C9H17NO3. The number of aliphatic hydroxyl groups is 1. The molecule has 1 saturated heterocycles. The van der Waals surface area contributed by atoms with E-state index in [9.17, 15) is 4.79 Å². The van der Waals surface area contributed by atoms with Crippen LogP contribution in [0.2, 0.25) is 0 Å². The Balaban J connectivity index is 2.24. The Labute approximate surface area is 78.3 Å². The van der Waals surface area contributed by atoms with Gasteiger partial charge in [0.1, 0.15) is 0 Å². The summed E-state index contributed by atoms with van der Waals surface area (Å²) in [5.41, 5.74) is 0. The lowest BCUT2D eigenvalue weighted by molar-refractivity contribution is -0.125. The van der Waals surface area contributed by atoms with Gasteiger partial charge in [0.15, 0.2) is 0 Å². The van der Waals surface area contributed by atoms with E-state index in [2.05, 4.69) is 5.32 Å². The molecule has 2 N–H and O–H groups in total. The zero-order valence-electron chi connectivity index (χ0n) is 8.12. The largest absolute Gasteiger partial charge is 0.392 e. The van der Waals surface area contributed by atoms with E-state index in [1.807, 2.05) is 6.92 Å². The first-order valence-corrected chi connectivity index (χ1v) is 4.67. The number of hydrogen-bond acceptors (Lipinski definition) is 3. The fourth-order valence-electron chi connectivity index (χ4n) is 1.39. The SMILES string of the molecule is CC1CC(C(=O)NC[C@H](C)O)CO1. The van der Waals surface area contributed by atoms with Gasteiger partial charge in [0.25, 0.3) is 0 Å². The molecule has 0 saturated carbocycles. The highest BCUT2D eigenvalue weighted by Gasteiger charge is 2.27. The highest BCUT2D eigenvalue weighted by Crippen LogP contribution is 2.18. The molecular weight excluding hydrogens is 170 g/mol. The van der Waals surface area contributed by atoms with Crippen LogP contribution < -0.4 is 5.32 Å². The van der Waals surface area contributed by atoms with E-state index in [-0.39, 0.29) is 17.9 Å². The normalized spacial score (nSPS) is 30.1. The molecule has 1 heterocycles. The van der Waals surface area contributed by atoms with Crippen molar-refractivity contribution in [3.8, 4) is 0 Å². The van der Waals surface area contributed by atoms with E-state index in [4.69, 9.17) is 9.84 Å². The molecule has 0 radical (unpaired) electrons. The molecule has 1 aliphatic rings. The summed E-state index contributed by atoms with van der Waals surface area (Å²) in [6.07, 6.45) is 0.483. The van der Waals surface area contributed by atoms with Crippen LogP contribution in [0.5, 0.6) is 0 Å². The third-order valence-corrected chi connectivity index (χ3v) is 2.14. The summed E-state index contributed by atoms with van der Waals surface area (Å²) in [5.74, 6) is -0.0426. The predicted molar refractivity (Wildman–Crippen MR) is 48.2 cm³/mol. The van der Waals surface area contributed by atoms with Crippen LogP contribution >= 0.6 is 0 Å². The van der Waals surface area contributed by atoms with E-state index in [0.717, 1.165) is 6.42 Å². The monoisotopic (exact) mass is 187 g/mol. The van der Waals surface area contributed by atoms with Crippen LogP contribution in [-0.4, -0.2) is 36.4 Å². The van der Waals surface area contributed by atoms with Crippen molar-refractivity contribution < 1.29 is 14.6 Å². The average molecular weight is 187 g/mol. The third kappa shape index (κ3) is 3.32. The minimum Gasteiger partial charge on any atom is -0.392 e. The van der Waals surface area contributed by atoms with Gasteiger partial charge in [-0.3, -0.25) is 4.79 Å². The molecule has 1 amide bonds. The summed E-state index contributed by atoms with van der Waals surface area (Å²) in [4.78, 5) is 11.4. The lowest BCUT2D eigenvalue weighted by atomic mass is 10.1. The number of nitrogens with one attached hydrogen (secondary N) is 1. The van der Waals surface area contributed by atoms with Crippen molar-refractivity contribution in [3.63, 3.8) is 0 Å². The number of carbonyl (C=O) groups excluding carboxylic acids is 1. The zero-order valence-corrected chi connectivity index (χ0v) is 8.12. The van der Waals surface area contributed by atoms with Gasteiger partial charge < -0.3 is 15.2 Å². The smallest absolute Gasteiger partial charge is 0.225 e. The Morgan fingerprint density at radius 3 is 2.92 bits per heavy atom. The quantitative estimate of drug-likeness (QED) is 0.649. The number of aliphatic hydroxyl groups excluding tert-OH is 1. The lowest BCUT2D eigenvalue weighted by Gasteiger charge is -2.10. The van der Waals surface area contributed by atoms with Gasteiger partial charge in [-0.25, -0.2) is 0 Å². The molecule has 2 unspecified atom stereocenters. The number of hydrogen-bond donors (Lipinski definition) is 2. The first-order chi connectivity index (χ1) is 6.09. The Bertz CT molecular complexity index is 182. The van der Waals surface area contributed by atoms with Gasteiger partial charge in [0.05, 0.1) is 24.7 Å². The van der Waals surface area contributed by atoms with E-state index in [0.29, 0.717) is 13.2 Å². The maximum absolute atomic E-state index is 11.4. The van der Waals surface area contributed by atoms with Gasteiger partial charge in [0.2, 0.25) is 5.91 Å². The van der Waals surface area contributed by atoms with Crippen LogP contribution in [0.3, 0.4) is 0 Å². The zero-order chi connectivity index (χ0) is 9.84. The summed E-state index contributed by atoms with van der Waals surface area (Å²) in [7, 11) is 0. The molecule has 0 bridgehead atoms. The van der Waals surface area contributed by atoms with Gasteiger partial charge in [-0.1, -0.05) is 0 Å². The fourth-order valence-corrected chi connectivity index (χ4v) is 1.39. The summed E-state index contributed by atoms with van der Waals surface area (Å²) in [6.45, 7) is 4.44. The first kappa shape index (κ1) is 10.5. The average Bonchev–Trinajstić information content (AvgIpc) is 2.47. The molecule has 1 aliphatic heterocycles. The molecule has 0 aliphatic carbocycles.